The molecule has 1 fully saturated rings. The fourth-order valence-electron chi connectivity index (χ4n) is 4.13. The monoisotopic (exact) mass is 454 g/mol. The highest BCUT2D eigenvalue weighted by Crippen LogP contribution is 2.32. The molecule has 3 aromatic rings. The molecule has 10 heteroatoms. The number of carbonyl (C=O) groups excluding carboxylic acids is 1. The Bertz CT molecular complexity index is 1240. The average molecular weight is 454 g/mol. The first-order chi connectivity index (χ1) is 15.7. The number of alkyl halides is 3. The number of carbonyl (C=O) groups is 1. The minimum absolute atomic E-state index is 0.0170. The van der Waals surface area contributed by atoms with Crippen molar-refractivity contribution < 1.29 is 18.0 Å². The van der Waals surface area contributed by atoms with Gasteiger partial charge in [0.1, 0.15) is 5.82 Å². The van der Waals surface area contributed by atoms with Crippen molar-refractivity contribution in [1.29, 1.82) is 5.26 Å². The van der Waals surface area contributed by atoms with Crippen molar-refractivity contribution in [3.8, 4) is 6.07 Å². The molecule has 3 heterocycles. The molecule has 0 aromatic carbocycles. The maximum absolute atomic E-state index is 13.5. The van der Waals surface area contributed by atoms with Gasteiger partial charge in [-0.15, -0.1) is 0 Å². The quantitative estimate of drug-likeness (QED) is 0.631. The summed E-state index contributed by atoms with van der Waals surface area (Å²) in [6.07, 6.45) is -0.274. The molecule has 0 radical (unpaired) electrons. The number of aryl methyl sites for hydroxylation is 1. The van der Waals surface area contributed by atoms with Gasteiger partial charge in [-0.25, -0.2) is 9.97 Å². The zero-order valence-corrected chi connectivity index (χ0v) is 17.8. The molecule has 170 valence electrons. The first-order valence-electron chi connectivity index (χ1n) is 10.4. The molecule has 3 aromatic heterocycles. The summed E-state index contributed by atoms with van der Waals surface area (Å²) in [6, 6.07) is 7.54. The van der Waals surface area contributed by atoms with Crippen LogP contribution >= 0.6 is 0 Å². The molecular formula is C23H21F3N6O. The van der Waals surface area contributed by atoms with Crippen molar-refractivity contribution in [2.45, 2.75) is 44.9 Å². The lowest BCUT2D eigenvalue weighted by molar-refractivity contribution is -0.137. The van der Waals surface area contributed by atoms with Gasteiger partial charge in [-0.1, -0.05) is 0 Å². The normalized spacial score (nSPS) is 18.3. The second-order valence-corrected chi connectivity index (χ2v) is 8.16. The average Bonchev–Trinajstić information content (AvgIpc) is 3.26. The van der Waals surface area contributed by atoms with Crippen LogP contribution in [0.2, 0.25) is 0 Å². The van der Waals surface area contributed by atoms with E-state index in [0.717, 1.165) is 24.2 Å². The Morgan fingerprint density at radius 2 is 2.03 bits per heavy atom. The van der Waals surface area contributed by atoms with Gasteiger partial charge in [0.15, 0.2) is 5.65 Å². The van der Waals surface area contributed by atoms with Gasteiger partial charge < -0.3 is 10.6 Å². The van der Waals surface area contributed by atoms with Crippen LogP contribution in [0.1, 0.15) is 46.4 Å². The van der Waals surface area contributed by atoms with Crippen LogP contribution < -0.4 is 5.73 Å². The Kier molecular flexibility index (Phi) is 5.89. The molecule has 0 unspecified atom stereocenters. The summed E-state index contributed by atoms with van der Waals surface area (Å²) < 4.78 is 38.7. The Balaban J connectivity index is 1.69. The highest BCUT2D eigenvalue weighted by atomic mass is 19.4. The van der Waals surface area contributed by atoms with Crippen LogP contribution in [0.5, 0.6) is 0 Å². The van der Waals surface area contributed by atoms with E-state index in [-0.39, 0.29) is 24.4 Å². The number of nitrogens with two attached hydrogens (primary N) is 1. The van der Waals surface area contributed by atoms with Crippen molar-refractivity contribution >= 4 is 22.8 Å². The van der Waals surface area contributed by atoms with Gasteiger partial charge in [-0.2, -0.15) is 18.4 Å². The molecule has 1 aliphatic rings. The number of aromatic nitrogens is 3. The van der Waals surface area contributed by atoms with Crippen LogP contribution in [0.3, 0.4) is 0 Å². The van der Waals surface area contributed by atoms with Crippen molar-refractivity contribution in [1.82, 2.24) is 19.9 Å². The SMILES string of the molecule is Cc1cc2cc(C(=O)N(Cc3ccc(C(F)(F)F)cn3)[C@@H]3CCC[C@@H]3C#N)cnc2nc1N. The van der Waals surface area contributed by atoms with Crippen LogP contribution in [0.4, 0.5) is 19.0 Å². The third kappa shape index (κ3) is 4.58. The molecule has 7 nitrogen and oxygen atoms in total. The summed E-state index contributed by atoms with van der Waals surface area (Å²) in [5, 5.41) is 10.2. The topological polar surface area (TPSA) is 109 Å². The van der Waals surface area contributed by atoms with Crippen LogP contribution in [0.15, 0.2) is 36.7 Å². The van der Waals surface area contributed by atoms with Crippen LogP contribution in [-0.4, -0.2) is 31.8 Å². The summed E-state index contributed by atoms with van der Waals surface area (Å²) in [5.74, 6) is -0.375. The van der Waals surface area contributed by atoms with E-state index >= 15 is 0 Å². The van der Waals surface area contributed by atoms with Gasteiger partial charge in [-0.05, 0) is 56.0 Å². The molecule has 2 N–H and O–H groups in total. The zero-order chi connectivity index (χ0) is 23.8. The smallest absolute Gasteiger partial charge is 0.383 e. The summed E-state index contributed by atoms with van der Waals surface area (Å²) in [5.41, 5.74) is 6.73. The molecule has 4 rings (SSSR count). The summed E-state index contributed by atoms with van der Waals surface area (Å²) in [7, 11) is 0. The van der Waals surface area contributed by atoms with Gasteiger partial charge in [0.2, 0.25) is 0 Å². The Morgan fingerprint density at radius 1 is 1.24 bits per heavy atom. The number of nitriles is 1. The molecule has 0 aliphatic heterocycles. The van der Waals surface area contributed by atoms with Crippen LogP contribution in [0.25, 0.3) is 11.0 Å². The number of nitrogen functional groups attached to an aromatic ring is 1. The Morgan fingerprint density at radius 3 is 2.70 bits per heavy atom. The predicted octanol–water partition coefficient (Wildman–Crippen LogP) is 4.27. The number of amides is 1. The number of halogens is 3. The second-order valence-electron chi connectivity index (χ2n) is 8.16. The molecule has 1 aliphatic carbocycles. The van der Waals surface area contributed by atoms with Crippen molar-refractivity contribution in [3.05, 3.63) is 59.0 Å². The third-order valence-corrected chi connectivity index (χ3v) is 5.94. The zero-order valence-electron chi connectivity index (χ0n) is 17.8. The standard InChI is InChI=1S/C23H21F3N6O/c1-13-7-15-8-16(10-30-21(15)31-20(13)28)22(33)32(19-4-2-3-14(19)9-27)12-18-6-5-17(11-29-18)23(24,25)26/h5-8,10-11,14,19H,2-4,12H2,1H3,(H2,28,30,31)/t14-,19-/m1/s1. The maximum Gasteiger partial charge on any atom is 0.417 e. The number of anilines is 1. The molecule has 1 amide bonds. The minimum atomic E-state index is -4.50. The molecule has 0 saturated heterocycles. The van der Waals surface area contributed by atoms with E-state index in [1.54, 1.807) is 19.1 Å². The number of rotatable bonds is 4. The van der Waals surface area contributed by atoms with E-state index in [2.05, 4.69) is 21.0 Å². The van der Waals surface area contributed by atoms with E-state index in [0.29, 0.717) is 41.0 Å². The van der Waals surface area contributed by atoms with Gasteiger partial charge in [0, 0.05) is 23.8 Å². The van der Waals surface area contributed by atoms with E-state index in [1.165, 1.54) is 17.2 Å². The number of nitrogens with zero attached hydrogens (tertiary/aromatic N) is 5. The van der Waals surface area contributed by atoms with Gasteiger partial charge >= 0.3 is 6.18 Å². The fraction of sp³-hybridized carbons (Fsp3) is 0.348. The van der Waals surface area contributed by atoms with Crippen LogP contribution in [-0.2, 0) is 12.7 Å². The molecule has 2 atom stereocenters. The molecular weight excluding hydrogens is 433 g/mol. The van der Waals surface area contributed by atoms with Crippen molar-refractivity contribution in [2.75, 3.05) is 5.73 Å². The highest BCUT2D eigenvalue weighted by Gasteiger charge is 2.36. The molecule has 33 heavy (non-hydrogen) atoms. The Labute approximate surface area is 188 Å². The number of pyridine rings is 3. The number of hydrogen-bond donors (Lipinski definition) is 1. The third-order valence-electron chi connectivity index (χ3n) is 5.94. The highest BCUT2D eigenvalue weighted by molar-refractivity contribution is 5.97. The number of hydrogen-bond acceptors (Lipinski definition) is 6. The second kappa shape index (κ2) is 8.65. The lowest BCUT2D eigenvalue weighted by Crippen LogP contribution is -2.42. The van der Waals surface area contributed by atoms with Gasteiger partial charge in [-0.3, -0.25) is 9.78 Å². The largest absolute Gasteiger partial charge is 0.417 e. The van der Waals surface area contributed by atoms with Crippen molar-refractivity contribution in [2.24, 2.45) is 5.92 Å². The van der Waals surface area contributed by atoms with E-state index in [1.807, 2.05) is 0 Å². The summed E-state index contributed by atoms with van der Waals surface area (Å²) in [4.78, 5) is 27.5. The number of fused-ring (bicyclic) bond motifs is 1. The van der Waals surface area contributed by atoms with E-state index < -0.39 is 11.7 Å². The Hall–Kier alpha value is -3.74. The fourth-order valence-corrected chi connectivity index (χ4v) is 4.13. The predicted molar refractivity (Wildman–Crippen MR) is 115 cm³/mol. The van der Waals surface area contributed by atoms with Gasteiger partial charge in [0.05, 0.1) is 35.4 Å². The first kappa shape index (κ1) is 22.5. The van der Waals surface area contributed by atoms with Gasteiger partial charge in [0.25, 0.3) is 5.91 Å². The van der Waals surface area contributed by atoms with Crippen LogP contribution in [0, 0.1) is 24.2 Å². The molecule has 0 bridgehead atoms. The van der Waals surface area contributed by atoms with Crippen molar-refractivity contribution in [3.63, 3.8) is 0 Å². The molecule has 0 spiro atoms. The lowest BCUT2D eigenvalue weighted by Gasteiger charge is -2.31. The maximum atomic E-state index is 13.5. The summed E-state index contributed by atoms with van der Waals surface area (Å²) >= 11 is 0. The lowest BCUT2D eigenvalue weighted by atomic mass is 10.0. The minimum Gasteiger partial charge on any atom is -0.383 e. The van der Waals surface area contributed by atoms with E-state index in [9.17, 15) is 23.2 Å². The summed E-state index contributed by atoms with van der Waals surface area (Å²) in [6.45, 7) is 1.78. The molecule has 1 saturated carbocycles. The van der Waals surface area contributed by atoms with E-state index in [4.69, 9.17) is 5.73 Å². The first-order valence-corrected chi connectivity index (χ1v) is 10.4.